The van der Waals surface area contributed by atoms with Crippen LogP contribution in [0.5, 0.6) is 0 Å². The Morgan fingerprint density at radius 1 is 0.200 bits per heavy atom. The minimum absolute atomic E-state index is 0. The van der Waals surface area contributed by atoms with Gasteiger partial charge in [-0.1, -0.05) is 0 Å². The maximum atomic E-state index is 2.29. The first-order chi connectivity index (χ1) is 18.9. The molecule has 6 rings (SSSR count). The Morgan fingerprint density at radius 3 is 0.450 bits per heavy atom. The summed E-state index contributed by atoms with van der Waals surface area (Å²) in [5.74, 6) is 0. The molecule has 0 spiro atoms. The second-order valence-corrected chi connectivity index (χ2v) is 25.9. The Bertz CT molecular complexity index is 1180. The van der Waals surface area contributed by atoms with Crippen molar-refractivity contribution in [3.63, 3.8) is 0 Å². The topological polar surface area (TPSA) is 0 Å². The number of benzene rings is 6. The van der Waals surface area contributed by atoms with Crippen LogP contribution in [0.15, 0.2) is 182 Å². The van der Waals surface area contributed by atoms with Crippen molar-refractivity contribution in [2.45, 2.75) is 0 Å². The van der Waals surface area contributed by atoms with Crippen LogP contribution in [0.4, 0.5) is 9.41 Å². The van der Waals surface area contributed by atoms with Crippen molar-refractivity contribution in [2.75, 3.05) is 0 Å². The van der Waals surface area contributed by atoms with Gasteiger partial charge in [0.15, 0.2) is 0 Å². The van der Waals surface area contributed by atoms with Gasteiger partial charge < -0.3 is 0 Å². The van der Waals surface area contributed by atoms with Crippen LogP contribution in [-0.4, -0.2) is 43.5 Å². The summed E-state index contributed by atoms with van der Waals surface area (Å²) >= 11 is -4.13. The van der Waals surface area contributed by atoms with E-state index in [1.165, 1.54) is 19.6 Å². The Kier molecular flexibility index (Phi) is 13.3. The molecule has 0 nitrogen and oxygen atoms in total. The molecule has 6 aromatic rings. The van der Waals surface area contributed by atoms with Gasteiger partial charge in [-0.25, -0.2) is 0 Å². The molecule has 0 aromatic heterocycles. The average Bonchev–Trinajstić information content (AvgIpc) is 3.01. The van der Waals surface area contributed by atoms with Crippen molar-refractivity contribution in [3.05, 3.63) is 182 Å². The number of rotatable bonds is 6. The van der Waals surface area contributed by atoms with Crippen LogP contribution in [0, 0.1) is 0 Å². The molecule has 200 valence electrons. The second-order valence-electron chi connectivity index (χ2n) is 8.68. The third kappa shape index (κ3) is 8.47. The van der Waals surface area contributed by atoms with E-state index in [9.17, 15) is 0 Å². The predicted octanol–water partition coefficient (Wildman–Crippen LogP) is 4.71. The molecule has 0 atom stereocenters. The normalized spacial score (nSPS) is 10.1. The van der Waals surface area contributed by atoms with E-state index in [0.717, 1.165) is 0 Å². The van der Waals surface area contributed by atoms with Crippen LogP contribution >= 0.6 is 0 Å². The van der Waals surface area contributed by atoms with Crippen LogP contribution in [0.25, 0.3) is 0 Å². The molecule has 0 heterocycles. The molecule has 0 fully saturated rings. The summed E-state index contributed by atoms with van der Waals surface area (Å²) in [5, 5.41) is 0. The van der Waals surface area contributed by atoms with Gasteiger partial charge in [-0.05, 0) is 0 Å². The molecule has 40 heavy (non-hydrogen) atoms. The molecule has 0 bridgehead atoms. The average molecular weight is 921 g/mol. The van der Waals surface area contributed by atoms with Gasteiger partial charge in [-0.2, -0.15) is 0 Å². The molecule has 0 saturated carbocycles. The van der Waals surface area contributed by atoms with E-state index in [4.69, 9.17) is 0 Å². The molecule has 0 N–H and O–H groups in total. The van der Waals surface area contributed by atoms with E-state index in [-0.39, 0.29) is 9.41 Å². The molecule has 4 heteroatoms. The van der Waals surface area contributed by atoms with Crippen molar-refractivity contribution in [3.8, 4) is 0 Å². The van der Waals surface area contributed by atoms with E-state index >= 15 is 0 Å². The number of hydrogen-bond donors (Lipinski definition) is 0. The van der Waals surface area contributed by atoms with Crippen molar-refractivity contribution in [1.82, 2.24) is 0 Å². The summed E-state index contributed by atoms with van der Waals surface area (Å²) in [5.41, 5.74) is 0. The minimum atomic E-state index is -2.06. The SMILES string of the molecule is F.F.c1cc[c]([Bi]([c]2ccccc2)[c]2ccccc2)cc1.c1cc[c]([Bi]([c]2ccccc2)[c]2ccccc2)cc1. The van der Waals surface area contributed by atoms with Gasteiger partial charge in [-0.3, -0.25) is 9.41 Å². The van der Waals surface area contributed by atoms with Crippen molar-refractivity contribution in [2.24, 2.45) is 0 Å². The van der Waals surface area contributed by atoms with Crippen LogP contribution in [-0.2, 0) is 0 Å². The Morgan fingerprint density at radius 2 is 0.325 bits per heavy atom. The van der Waals surface area contributed by atoms with Gasteiger partial charge in [0.25, 0.3) is 0 Å². The standard InChI is InChI=1S/6C6H5.2Bi.2FH/c6*1-2-4-6-5-3-1;;;;/h6*1-5H;;;2*1H. The van der Waals surface area contributed by atoms with Gasteiger partial charge in [0.2, 0.25) is 0 Å². The fourth-order valence-electron chi connectivity index (χ4n) is 4.36. The van der Waals surface area contributed by atoms with Crippen LogP contribution in [0.3, 0.4) is 0 Å². The fraction of sp³-hybridized carbons (Fsp3) is 0. The van der Waals surface area contributed by atoms with Gasteiger partial charge in [0, 0.05) is 0 Å². The first-order valence-corrected chi connectivity index (χ1v) is 23.2. The van der Waals surface area contributed by atoms with E-state index in [2.05, 4.69) is 182 Å². The molecule has 0 aliphatic rings. The van der Waals surface area contributed by atoms with Crippen molar-refractivity contribution in [1.29, 1.82) is 0 Å². The molecule has 0 unspecified atom stereocenters. The van der Waals surface area contributed by atoms with E-state index in [1.54, 1.807) is 0 Å². The predicted molar refractivity (Wildman–Crippen MR) is 173 cm³/mol. The zero-order valence-electron chi connectivity index (χ0n) is 22.0. The summed E-state index contributed by atoms with van der Waals surface area (Å²) in [6.07, 6.45) is 0. The number of hydrogen-bond acceptors (Lipinski definition) is 0. The van der Waals surface area contributed by atoms with Crippen LogP contribution in [0.2, 0.25) is 0 Å². The summed E-state index contributed by atoms with van der Waals surface area (Å²) in [6, 6.07) is 65.9. The first kappa shape index (κ1) is 31.5. The molecule has 6 aromatic carbocycles. The molecular weight excluding hydrogens is 888 g/mol. The summed E-state index contributed by atoms with van der Waals surface area (Å²) in [4.78, 5) is 0. The van der Waals surface area contributed by atoms with E-state index in [1.807, 2.05) is 0 Å². The molecule has 0 saturated heterocycles. The second kappa shape index (κ2) is 16.9. The molecule has 0 radical (unpaired) electrons. The molecule has 0 aliphatic carbocycles. The zero-order chi connectivity index (χ0) is 25.8. The third-order valence-electron chi connectivity index (χ3n) is 6.09. The summed E-state index contributed by atoms with van der Waals surface area (Å²) < 4.78 is 9.22. The van der Waals surface area contributed by atoms with Gasteiger partial charge >= 0.3 is 245 Å². The number of halogens is 2. The van der Waals surface area contributed by atoms with Crippen LogP contribution < -0.4 is 19.6 Å². The summed E-state index contributed by atoms with van der Waals surface area (Å²) in [6.45, 7) is 0. The Balaban J connectivity index is 0.000000210. The van der Waals surface area contributed by atoms with Crippen molar-refractivity contribution >= 4 is 63.1 Å². The van der Waals surface area contributed by atoms with Gasteiger partial charge in [0.1, 0.15) is 0 Å². The monoisotopic (exact) mass is 920 g/mol. The molecular formula is C36H32Bi2F2. The fourth-order valence-corrected chi connectivity index (χ4v) is 22.3. The molecule has 0 amide bonds. The third-order valence-corrected chi connectivity index (χ3v) is 25.1. The Labute approximate surface area is 252 Å². The Hall–Kier alpha value is -3.05. The molecule has 0 aliphatic heterocycles. The van der Waals surface area contributed by atoms with Crippen molar-refractivity contribution < 1.29 is 9.41 Å². The quantitative estimate of drug-likeness (QED) is 0.213. The zero-order valence-corrected chi connectivity index (χ0v) is 29.0. The maximum absolute atomic E-state index is 2.29. The first-order valence-electron chi connectivity index (χ1n) is 12.8. The van der Waals surface area contributed by atoms with E-state index < -0.39 is 43.5 Å². The van der Waals surface area contributed by atoms with Gasteiger partial charge in [-0.15, -0.1) is 0 Å². The van der Waals surface area contributed by atoms with Crippen LogP contribution in [0.1, 0.15) is 0 Å². The summed E-state index contributed by atoms with van der Waals surface area (Å²) in [7, 11) is 0. The van der Waals surface area contributed by atoms with Gasteiger partial charge in [0.05, 0.1) is 0 Å². The van der Waals surface area contributed by atoms with E-state index in [0.29, 0.717) is 0 Å².